The van der Waals surface area contributed by atoms with Crippen LogP contribution >= 0.6 is 0 Å². The van der Waals surface area contributed by atoms with Crippen LogP contribution in [-0.2, 0) is 9.53 Å². The van der Waals surface area contributed by atoms with Crippen LogP contribution < -0.4 is 5.32 Å². The molecule has 0 saturated heterocycles. The van der Waals surface area contributed by atoms with E-state index in [0.29, 0.717) is 13.0 Å². The third-order valence-electron chi connectivity index (χ3n) is 2.81. The second kappa shape index (κ2) is 8.04. The van der Waals surface area contributed by atoms with E-state index in [1.54, 1.807) is 0 Å². The van der Waals surface area contributed by atoms with E-state index in [-0.39, 0.29) is 28.9 Å². The van der Waals surface area contributed by atoms with Crippen LogP contribution in [0.25, 0.3) is 0 Å². The first kappa shape index (κ1) is 15.8. The molecule has 0 aliphatic rings. The van der Waals surface area contributed by atoms with Gasteiger partial charge in [0.1, 0.15) is 0 Å². The van der Waals surface area contributed by atoms with Gasteiger partial charge in [0.2, 0.25) is 0 Å². The number of rotatable bonds is 7. The van der Waals surface area contributed by atoms with Gasteiger partial charge in [-0.25, -0.2) is 0 Å². The number of carbonyl (C=O) groups is 2. The summed E-state index contributed by atoms with van der Waals surface area (Å²) < 4.78 is 4.52. The smallest absolute Gasteiger partial charge is 0.305 e. The van der Waals surface area contributed by atoms with Crippen LogP contribution in [0.3, 0.4) is 0 Å². The molecule has 0 aromatic heterocycles. The molecule has 0 spiro atoms. The second-order valence-corrected chi connectivity index (χ2v) is 4.35. The number of carbonyl (C=O) groups excluding carboxylic acids is 2. The van der Waals surface area contributed by atoms with Crippen molar-refractivity contribution in [3.05, 3.63) is 23.8 Å². The van der Waals surface area contributed by atoms with E-state index in [9.17, 15) is 14.7 Å². The summed E-state index contributed by atoms with van der Waals surface area (Å²) in [5, 5.41) is 21.1. The number of benzene rings is 1. The predicted octanol–water partition coefficient (Wildman–Crippen LogP) is 1.56. The van der Waals surface area contributed by atoms with E-state index < -0.39 is 0 Å². The maximum absolute atomic E-state index is 11.7. The normalized spacial score (nSPS) is 10.1. The minimum Gasteiger partial charge on any atom is -0.504 e. The van der Waals surface area contributed by atoms with E-state index in [1.165, 1.54) is 25.3 Å². The molecule has 0 radical (unpaired) electrons. The van der Waals surface area contributed by atoms with Crippen LogP contribution in [0.1, 0.15) is 36.0 Å². The summed E-state index contributed by atoms with van der Waals surface area (Å²) in [6.07, 6.45) is 2.68. The van der Waals surface area contributed by atoms with Gasteiger partial charge in [0, 0.05) is 18.5 Å². The number of aromatic hydroxyl groups is 2. The highest BCUT2D eigenvalue weighted by Crippen LogP contribution is 2.24. The van der Waals surface area contributed by atoms with Crippen LogP contribution in [0.15, 0.2) is 18.2 Å². The van der Waals surface area contributed by atoms with Crippen molar-refractivity contribution in [2.45, 2.75) is 25.7 Å². The number of hydrogen-bond acceptors (Lipinski definition) is 5. The molecule has 1 aromatic carbocycles. The van der Waals surface area contributed by atoms with E-state index >= 15 is 0 Å². The molecule has 0 bridgehead atoms. The lowest BCUT2D eigenvalue weighted by atomic mass is 10.1. The Morgan fingerprint density at radius 3 is 2.55 bits per heavy atom. The summed E-state index contributed by atoms with van der Waals surface area (Å²) in [6, 6.07) is 3.91. The first-order valence-electron chi connectivity index (χ1n) is 6.41. The van der Waals surface area contributed by atoms with Gasteiger partial charge in [0.15, 0.2) is 11.5 Å². The highest BCUT2D eigenvalue weighted by Gasteiger charge is 2.08. The lowest BCUT2D eigenvalue weighted by Crippen LogP contribution is -2.24. The number of methoxy groups -OCH3 is 1. The Balaban J connectivity index is 2.23. The fraction of sp³-hybridized carbons (Fsp3) is 0.429. The van der Waals surface area contributed by atoms with Crippen LogP contribution in [0.5, 0.6) is 11.5 Å². The molecule has 3 N–H and O–H groups in total. The zero-order chi connectivity index (χ0) is 15.0. The molecule has 20 heavy (non-hydrogen) atoms. The summed E-state index contributed by atoms with van der Waals surface area (Å²) in [6.45, 7) is 0.488. The molecule has 0 aliphatic carbocycles. The van der Waals surface area contributed by atoms with Crippen molar-refractivity contribution in [1.82, 2.24) is 5.32 Å². The Kier molecular flexibility index (Phi) is 6.36. The van der Waals surface area contributed by atoms with Crippen LogP contribution in [0.2, 0.25) is 0 Å². The number of ether oxygens (including phenoxy) is 1. The highest BCUT2D eigenvalue weighted by atomic mass is 16.5. The number of phenols is 2. The van der Waals surface area contributed by atoms with Gasteiger partial charge in [-0.3, -0.25) is 9.59 Å². The number of amides is 1. The molecule has 0 heterocycles. The van der Waals surface area contributed by atoms with Crippen molar-refractivity contribution in [3.63, 3.8) is 0 Å². The van der Waals surface area contributed by atoms with E-state index in [0.717, 1.165) is 19.3 Å². The molecule has 0 fully saturated rings. The quantitative estimate of drug-likeness (QED) is 0.400. The number of hydrogen-bond donors (Lipinski definition) is 3. The maximum atomic E-state index is 11.7. The fourth-order valence-corrected chi connectivity index (χ4v) is 1.64. The van der Waals surface area contributed by atoms with Gasteiger partial charge in [0.25, 0.3) is 5.91 Å². The maximum Gasteiger partial charge on any atom is 0.305 e. The van der Waals surface area contributed by atoms with E-state index in [2.05, 4.69) is 10.1 Å². The first-order chi connectivity index (χ1) is 9.54. The van der Waals surface area contributed by atoms with Gasteiger partial charge in [-0.15, -0.1) is 0 Å². The molecule has 0 unspecified atom stereocenters. The van der Waals surface area contributed by atoms with Crippen LogP contribution in [0, 0.1) is 0 Å². The van der Waals surface area contributed by atoms with Crippen molar-refractivity contribution in [3.8, 4) is 11.5 Å². The van der Waals surface area contributed by atoms with Gasteiger partial charge in [0.05, 0.1) is 7.11 Å². The van der Waals surface area contributed by atoms with Crippen molar-refractivity contribution >= 4 is 11.9 Å². The van der Waals surface area contributed by atoms with E-state index in [4.69, 9.17) is 5.11 Å². The molecule has 1 aromatic rings. The van der Waals surface area contributed by atoms with Gasteiger partial charge in [-0.05, 0) is 31.0 Å². The van der Waals surface area contributed by atoms with Gasteiger partial charge in [-0.2, -0.15) is 0 Å². The molecule has 0 saturated carbocycles. The van der Waals surface area contributed by atoms with Gasteiger partial charge in [-0.1, -0.05) is 6.42 Å². The molecule has 0 atom stereocenters. The van der Waals surface area contributed by atoms with Crippen molar-refractivity contribution in [1.29, 1.82) is 0 Å². The van der Waals surface area contributed by atoms with Gasteiger partial charge >= 0.3 is 5.97 Å². The number of nitrogens with one attached hydrogen (secondary N) is 1. The Bertz CT molecular complexity index is 473. The summed E-state index contributed by atoms with van der Waals surface area (Å²) in [5.41, 5.74) is 0.287. The number of esters is 1. The lowest BCUT2D eigenvalue weighted by molar-refractivity contribution is -0.140. The third kappa shape index (κ3) is 5.17. The predicted molar refractivity (Wildman–Crippen MR) is 72.6 cm³/mol. The third-order valence-corrected chi connectivity index (χ3v) is 2.81. The van der Waals surface area contributed by atoms with Crippen LogP contribution in [-0.4, -0.2) is 35.7 Å². The minimum absolute atomic E-state index is 0.228. The highest BCUT2D eigenvalue weighted by molar-refractivity contribution is 5.94. The molecule has 6 nitrogen and oxygen atoms in total. The topological polar surface area (TPSA) is 95.9 Å². The first-order valence-corrected chi connectivity index (χ1v) is 6.41. The summed E-state index contributed by atoms with van der Waals surface area (Å²) >= 11 is 0. The average molecular weight is 281 g/mol. The molecular weight excluding hydrogens is 262 g/mol. The van der Waals surface area contributed by atoms with E-state index in [1.807, 2.05) is 0 Å². The standard InChI is InChI=1S/C14H19NO5/c1-20-13(18)5-3-2-4-8-15-14(19)10-6-7-11(16)12(17)9-10/h6-7,9,16-17H,2-5,8H2,1H3,(H,15,19). The Morgan fingerprint density at radius 2 is 1.90 bits per heavy atom. The van der Waals surface area contributed by atoms with Crippen molar-refractivity contribution in [2.75, 3.05) is 13.7 Å². The fourth-order valence-electron chi connectivity index (χ4n) is 1.64. The molecule has 6 heteroatoms. The molecular formula is C14H19NO5. The van der Waals surface area contributed by atoms with Crippen molar-refractivity contribution in [2.24, 2.45) is 0 Å². The summed E-state index contributed by atoms with van der Waals surface area (Å²) in [7, 11) is 1.36. The van der Waals surface area contributed by atoms with Gasteiger partial charge < -0.3 is 20.3 Å². The van der Waals surface area contributed by atoms with Crippen molar-refractivity contribution < 1.29 is 24.5 Å². The average Bonchev–Trinajstić information content (AvgIpc) is 2.44. The summed E-state index contributed by atoms with van der Waals surface area (Å²) in [5.74, 6) is -1.12. The Labute approximate surface area is 117 Å². The zero-order valence-corrected chi connectivity index (χ0v) is 11.4. The number of unbranched alkanes of at least 4 members (excludes halogenated alkanes) is 2. The SMILES string of the molecule is COC(=O)CCCCCNC(=O)c1ccc(O)c(O)c1. The minimum atomic E-state index is -0.323. The second-order valence-electron chi connectivity index (χ2n) is 4.35. The molecule has 0 aliphatic heterocycles. The zero-order valence-electron chi connectivity index (χ0n) is 11.4. The monoisotopic (exact) mass is 281 g/mol. The molecule has 1 amide bonds. The molecule has 110 valence electrons. The largest absolute Gasteiger partial charge is 0.504 e. The lowest BCUT2D eigenvalue weighted by Gasteiger charge is -2.06. The Morgan fingerprint density at radius 1 is 1.15 bits per heavy atom. The van der Waals surface area contributed by atoms with Crippen LogP contribution in [0.4, 0.5) is 0 Å². The Hall–Kier alpha value is -2.24. The summed E-state index contributed by atoms with van der Waals surface area (Å²) in [4.78, 5) is 22.6. The molecule has 1 rings (SSSR count). The number of phenolic OH excluding ortho intramolecular Hbond substituents is 2.